The summed E-state index contributed by atoms with van der Waals surface area (Å²) in [5, 5.41) is 0. The van der Waals surface area contributed by atoms with Gasteiger partial charge in [0.05, 0.1) is 0 Å². The predicted octanol–water partition coefficient (Wildman–Crippen LogP) is 1.95. The zero-order chi connectivity index (χ0) is 10.8. The van der Waals surface area contributed by atoms with Gasteiger partial charge in [-0.1, -0.05) is 6.07 Å². The summed E-state index contributed by atoms with van der Waals surface area (Å²) in [6.07, 6.45) is 0. The van der Waals surface area contributed by atoms with Crippen LogP contribution >= 0.6 is 0 Å². The third-order valence-corrected chi connectivity index (χ3v) is 2.13. The van der Waals surface area contributed by atoms with Crippen LogP contribution in [0.25, 0.3) is 0 Å². The molecule has 0 N–H and O–H groups in total. The molecule has 0 aromatic heterocycles. The van der Waals surface area contributed by atoms with Crippen LogP contribution in [0.5, 0.6) is 5.75 Å². The minimum absolute atomic E-state index is 0.404. The van der Waals surface area contributed by atoms with Crippen LogP contribution in [0.15, 0.2) is 29.2 Å². The van der Waals surface area contributed by atoms with Gasteiger partial charge in [-0.25, -0.2) is 0 Å². The number of hydrogen-bond donors (Lipinski definition) is 0. The summed E-state index contributed by atoms with van der Waals surface area (Å²) in [7, 11) is -4.89. The quantitative estimate of drug-likeness (QED) is 0.740. The summed E-state index contributed by atoms with van der Waals surface area (Å²) in [6, 6.07) is 3.82. The van der Waals surface area contributed by atoms with E-state index in [2.05, 4.69) is 4.74 Å². The maximum Gasteiger partial charge on any atom is 0.387 e. The highest BCUT2D eigenvalue weighted by Gasteiger charge is 2.13. The number of hydrogen-bond acceptors (Lipinski definition) is 3. The van der Waals surface area contributed by atoms with Gasteiger partial charge in [-0.3, -0.25) is 0 Å². The smallest absolute Gasteiger partial charge is 0.387 e. The maximum atomic E-state index is 12.4. The van der Waals surface area contributed by atoms with Crippen molar-refractivity contribution < 1.29 is 25.8 Å². The maximum absolute atomic E-state index is 12.4. The molecule has 0 saturated heterocycles. The Labute approximate surface area is 78.3 Å². The molecule has 0 atom stereocenters. The molecule has 1 aromatic carbocycles. The Hall–Kier alpha value is -1.24. The van der Waals surface area contributed by atoms with Crippen LogP contribution in [-0.4, -0.2) is 15.0 Å². The number of halogens is 3. The van der Waals surface area contributed by atoms with Gasteiger partial charge in [0.1, 0.15) is 10.6 Å². The number of ether oxygens (including phenoxy) is 1. The molecule has 1 rings (SSSR count). The minimum Gasteiger partial charge on any atom is -0.435 e. The molecule has 14 heavy (non-hydrogen) atoms. The van der Waals surface area contributed by atoms with E-state index >= 15 is 0 Å². The number of benzene rings is 1. The van der Waals surface area contributed by atoms with E-state index in [1.54, 1.807) is 0 Å². The molecular weight excluding hydrogens is 221 g/mol. The van der Waals surface area contributed by atoms with E-state index in [0.717, 1.165) is 18.2 Å². The van der Waals surface area contributed by atoms with Crippen molar-refractivity contribution in [2.45, 2.75) is 11.5 Å². The molecule has 0 fully saturated rings. The monoisotopic (exact) mass is 226 g/mol. The van der Waals surface area contributed by atoms with Crippen molar-refractivity contribution in [2.24, 2.45) is 0 Å². The van der Waals surface area contributed by atoms with Gasteiger partial charge in [0, 0.05) is 6.07 Å². The van der Waals surface area contributed by atoms with Gasteiger partial charge in [0.25, 0.3) is 0 Å². The molecule has 0 aliphatic heterocycles. The highest BCUT2D eigenvalue weighted by atomic mass is 32.3. The van der Waals surface area contributed by atoms with E-state index in [0.29, 0.717) is 6.07 Å². The first kappa shape index (κ1) is 10.8. The molecule has 0 radical (unpaired) electrons. The molecule has 78 valence electrons. The first-order chi connectivity index (χ1) is 6.39. The van der Waals surface area contributed by atoms with E-state index < -0.39 is 27.5 Å². The molecule has 0 spiro atoms. The molecule has 0 heterocycles. The fraction of sp³-hybridized carbons (Fsp3) is 0.143. The summed E-state index contributed by atoms with van der Waals surface area (Å²) in [4.78, 5) is -0.712. The number of alkyl halides is 2. The van der Waals surface area contributed by atoms with Crippen LogP contribution in [0.2, 0.25) is 0 Å². The Morgan fingerprint density at radius 1 is 1.29 bits per heavy atom. The molecule has 0 bridgehead atoms. The normalized spacial score (nSPS) is 11.7. The third kappa shape index (κ3) is 2.91. The fourth-order valence-corrected chi connectivity index (χ4v) is 1.30. The molecule has 0 saturated carbocycles. The average Bonchev–Trinajstić information content (AvgIpc) is 2.01. The summed E-state index contributed by atoms with van der Waals surface area (Å²) in [5.41, 5.74) is 0. The zero-order valence-corrected chi connectivity index (χ0v) is 7.47. The Balaban J connectivity index is 3.02. The van der Waals surface area contributed by atoms with Gasteiger partial charge in [-0.15, -0.1) is 3.89 Å². The molecule has 0 aliphatic carbocycles. The van der Waals surface area contributed by atoms with Crippen LogP contribution in [-0.2, 0) is 10.2 Å². The highest BCUT2D eigenvalue weighted by molar-refractivity contribution is 7.86. The summed E-state index contributed by atoms with van der Waals surface area (Å²) in [5.74, 6) is -0.404. The third-order valence-electron chi connectivity index (χ3n) is 1.31. The molecular formula is C7H5F3O3S. The van der Waals surface area contributed by atoms with E-state index in [4.69, 9.17) is 0 Å². The lowest BCUT2D eigenvalue weighted by molar-refractivity contribution is -0.0500. The molecule has 0 unspecified atom stereocenters. The minimum atomic E-state index is -4.89. The Morgan fingerprint density at radius 3 is 2.43 bits per heavy atom. The summed E-state index contributed by atoms with van der Waals surface area (Å²) < 4.78 is 60.3. The predicted molar refractivity (Wildman–Crippen MR) is 41.4 cm³/mol. The van der Waals surface area contributed by atoms with E-state index in [9.17, 15) is 21.1 Å². The van der Waals surface area contributed by atoms with Crippen molar-refractivity contribution >= 4 is 10.2 Å². The Morgan fingerprint density at radius 2 is 1.93 bits per heavy atom. The van der Waals surface area contributed by atoms with Crippen molar-refractivity contribution in [1.29, 1.82) is 0 Å². The first-order valence-corrected chi connectivity index (χ1v) is 4.77. The molecule has 0 amide bonds. The first-order valence-electron chi connectivity index (χ1n) is 3.39. The van der Waals surface area contributed by atoms with E-state index in [-0.39, 0.29) is 0 Å². The molecule has 0 aliphatic rings. The summed E-state index contributed by atoms with van der Waals surface area (Å²) >= 11 is 0. The van der Waals surface area contributed by atoms with Gasteiger partial charge in [0.2, 0.25) is 0 Å². The second kappa shape index (κ2) is 3.87. The van der Waals surface area contributed by atoms with Crippen LogP contribution < -0.4 is 4.74 Å². The Kier molecular flexibility index (Phi) is 3.00. The number of rotatable bonds is 3. The van der Waals surface area contributed by atoms with E-state index in [1.807, 2.05) is 0 Å². The van der Waals surface area contributed by atoms with Gasteiger partial charge in [-0.05, 0) is 12.1 Å². The highest BCUT2D eigenvalue weighted by Crippen LogP contribution is 2.20. The van der Waals surface area contributed by atoms with Crippen LogP contribution in [0.4, 0.5) is 12.7 Å². The van der Waals surface area contributed by atoms with Crippen molar-refractivity contribution in [3.8, 4) is 5.75 Å². The summed E-state index contributed by atoms with van der Waals surface area (Å²) in [6.45, 7) is -3.08. The van der Waals surface area contributed by atoms with Crippen molar-refractivity contribution in [1.82, 2.24) is 0 Å². The molecule has 1 aromatic rings. The lowest BCUT2D eigenvalue weighted by Gasteiger charge is -2.04. The Bertz CT molecular complexity index is 416. The van der Waals surface area contributed by atoms with Crippen molar-refractivity contribution in [3.63, 3.8) is 0 Å². The van der Waals surface area contributed by atoms with Crippen LogP contribution in [0.3, 0.4) is 0 Å². The largest absolute Gasteiger partial charge is 0.435 e. The van der Waals surface area contributed by atoms with Crippen LogP contribution in [0.1, 0.15) is 0 Å². The standard InChI is InChI=1S/C7H5F3O3S/c8-7(9)13-5-2-1-3-6(4-5)14(10,11)12/h1-4,7H. The lowest BCUT2D eigenvalue weighted by atomic mass is 10.3. The average molecular weight is 226 g/mol. The molecule has 3 nitrogen and oxygen atoms in total. The van der Waals surface area contributed by atoms with Crippen molar-refractivity contribution in [2.75, 3.05) is 0 Å². The van der Waals surface area contributed by atoms with Crippen molar-refractivity contribution in [3.05, 3.63) is 24.3 Å². The van der Waals surface area contributed by atoms with Gasteiger partial charge < -0.3 is 4.74 Å². The van der Waals surface area contributed by atoms with Gasteiger partial charge >= 0.3 is 16.8 Å². The lowest BCUT2D eigenvalue weighted by Crippen LogP contribution is -2.02. The zero-order valence-electron chi connectivity index (χ0n) is 6.65. The van der Waals surface area contributed by atoms with Gasteiger partial charge in [0.15, 0.2) is 0 Å². The molecule has 7 heteroatoms. The second-order valence-electron chi connectivity index (χ2n) is 2.29. The second-order valence-corrected chi connectivity index (χ2v) is 3.64. The topological polar surface area (TPSA) is 43.4 Å². The fourth-order valence-electron chi connectivity index (χ4n) is 0.802. The van der Waals surface area contributed by atoms with Crippen LogP contribution in [0, 0.1) is 0 Å². The SMILES string of the molecule is O=S(=O)(F)c1cccc(OC(F)F)c1. The van der Waals surface area contributed by atoms with Gasteiger partial charge in [-0.2, -0.15) is 17.2 Å². The van der Waals surface area contributed by atoms with E-state index in [1.165, 1.54) is 0 Å².